The quantitative estimate of drug-likeness (QED) is 0.404. The Kier molecular flexibility index (Phi) is 5.46. The number of rotatable bonds is 4. The molecule has 0 spiro atoms. The summed E-state index contributed by atoms with van der Waals surface area (Å²) in [7, 11) is 0. The molecule has 0 aliphatic carbocycles. The van der Waals surface area contributed by atoms with Crippen molar-refractivity contribution in [2.45, 2.75) is 12.4 Å². The molecule has 0 amide bonds. The summed E-state index contributed by atoms with van der Waals surface area (Å²) in [5.74, 6) is -0.321. The van der Waals surface area contributed by atoms with Crippen LogP contribution in [-0.4, -0.2) is 34.9 Å². The zero-order valence-electron chi connectivity index (χ0n) is 15.5. The van der Waals surface area contributed by atoms with Crippen LogP contribution in [0.2, 0.25) is 0 Å². The van der Waals surface area contributed by atoms with Crippen LogP contribution in [0.3, 0.4) is 0 Å². The second kappa shape index (κ2) is 8.11. The molecule has 0 aliphatic heterocycles. The van der Waals surface area contributed by atoms with E-state index in [1.165, 1.54) is 41.8 Å². The summed E-state index contributed by atoms with van der Waals surface area (Å²) < 4.78 is 79.9. The highest BCUT2D eigenvalue weighted by Gasteiger charge is 2.37. The Labute approximate surface area is 179 Å². The molecule has 4 aromatic rings. The van der Waals surface area contributed by atoms with Crippen molar-refractivity contribution >= 4 is 23.1 Å². The SMILES string of the molecule is FC(F)(F)c1cc(-c2ncn(C=C(c3cncnc3)c3nncs3)n2)cc(C(F)(F)F)c1. The van der Waals surface area contributed by atoms with Crippen LogP contribution in [-0.2, 0) is 12.4 Å². The number of hydrogen-bond acceptors (Lipinski definition) is 7. The summed E-state index contributed by atoms with van der Waals surface area (Å²) in [6.45, 7) is 0. The first-order valence-electron chi connectivity index (χ1n) is 8.56. The molecule has 0 bridgehead atoms. The van der Waals surface area contributed by atoms with Gasteiger partial charge in [-0.1, -0.05) is 11.3 Å². The minimum absolute atomic E-state index is 0.0450. The normalized spacial score (nSPS) is 12.9. The molecule has 0 aliphatic rings. The van der Waals surface area contributed by atoms with Crippen LogP contribution in [0.15, 0.2) is 48.8 Å². The van der Waals surface area contributed by atoms with Gasteiger partial charge >= 0.3 is 12.4 Å². The van der Waals surface area contributed by atoms with Gasteiger partial charge in [-0.15, -0.1) is 15.3 Å². The van der Waals surface area contributed by atoms with Gasteiger partial charge in [0.05, 0.1) is 11.1 Å². The number of hydrogen-bond donors (Lipinski definition) is 0. The van der Waals surface area contributed by atoms with Gasteiger partial charge in [0.2, 0.25) is 0 Å². The Morgan fingerprint density at radius 3 is 2.16 bits per heavy atom. The van der Waals surface area contributed by atoms with Gasteiger partial charge in [-0.05, 0) is 18.2 Å². The first-order chi connectivity index (χ1) is 15.1. The third-order valence-corrected chi connectivity index (χ3v) is 4.80. The van der Waals surface area contributed by atoms with Crippen molar-refractivity contribution in [1.82, 2.24) is 34.9 Å². The number of nitrogens with zero attached hydrogens (tertiary/aromatic N) is 7. The van der Waals surface area contributed by atoms with Crippen LogP contribution in [0.25, 0.3) is 23.2 Å². The van der Waals surface area contributed by atoms with Gasteiger partial charge in [0.15, 0.2) is 5.82 Å². The summed E-state index contributed by atoms with van der Waals surface area (Å²) in [4.78, 5) is 11.7. The Morgan fingerprint density at radius 1 is 0.938 bits per heavy atom. The zero-order chi connectivity index (χ0) is 22.9. The third-order valence-electron chi connectivity index (χ3n) is 4.08. The summed E-state index contributed by atoms with van der Waals surface area (Å²) in [6, 6.07) is 1.17. The second-order valence-corrected chi connectivity index (χ2v) is 7.09. The van der Waals surface area contributed by atoms with E-state index in [0.29, 0.717) is 28.3 Å². The van der Waals surface area contributed by atoms with Gasteiger partial charge in [-0.25, -0.2) is 19.6 Å². The molecule has 1 aromatic carbocycles. The topological polar surface area (TPSA) is 82.3 Å². The Hall–Kier alpha value is -3.68. The van der Waals surface area contributed by atoms with E-state index in [-0.39, 0.29) is 11.9 Å². The molecule has 164 valence electrons. The highest BCUT2D eigenvalue weighted by atomic mass is 32.1. The van der Waals surface area contributed by atoms with Crippen molar-refractivity contribution in [3.63, 3.8) is 0 Å². The van der Waals surface area contributed by atoms with Gasteiger partial charge in [0.25, 0.3) is 0 Å². The Balaban J connectivity index is 1.78. The van der Waals surface area contributed by atoms with Crippen LogP contribution in [0.5, 0.6) is 0 Å². The average Bonchev–Trinajstić information content (AvgIpc) is 3.43. The maximum Gasteiger partial charge on any atom is 0.416 e. The molecule has 0 unspecified atom stereocenters. The number of alkyl halides is 6. The highest BCUT2D eigenvalue weighted by Crippen LogP contribution is 2.38. The van der Waals surface area contributed by atoms with Crippen molar-refractivity contribution in [3.05, 3.63) is 70.5 Å². The fourth-order valence-electron chi connectivity index (χ4n) is 2.67. The lowest BCUT2D eigenvalue weighted by Gasteiger charge is -2.13. The lowest BCUT2D eigenvalue weighted by molar-refractivity contribution is -0.143. The van der Waals surface area contributed by atoms with Gasteiger partial charge in [0, 0.05) is 35.3 Å². The summed E-state index contributed by atoms with van der Waals surface area (Å²) in [5.41, 5.74) is -0.833. The molecule has 0 saturated heterocycles. The molecule has 32 heavy (non-hydrogen) atoms. The van der Waals surface area contributed by atoms with Crippen LogP contribution in [0, 0.1) is 0 Å². The molecule has 0 saturated carbocycles. The van der Waals surface area contributed by atoms with Crippen LogP contribution in [0.1, 0.15) is 21.7 Å². The van der Waals surface area contributed by atoms with E-state index in [4.69, 9.17) is 0 Å². The minimum atomic E-state index is -4.98. The van der Waals surface area contributed by atoms with E-state index in [0.717, 1.165) is 11.0 Å². The molecule has 3 heterocycles. The molecule has 14 heteroatoms. The summed E-state index contributed by atoms with van der Waals surface area (Å²) in [5, 5.41) is 12.2. The molecule has 0 radical (unpaired) electrons. The van der Waals surface area contributed by atoms with E-state index in [1.807, 2.05) is 0 Å². The van der Waals surface area contributed by atoms with Gasteiger partial charge in [-0.2, -0.15) is 26.3 Å². The number of aromatic nitrogens is 7. The maximum atomic E-state index is 13.1. The lowest BCUT2D eigenvalue weighted by atomic mass is 10.0. The molecular weight excluding hydrogens is 460 g/mol. The van der Waals surface area contributed by atoms with Crippen molar-refractivity contribution in [1.29, 1.82) is 0 Å². The van der Waals surface area contributed by atoms with Crippen LogP contribution >= 0.6 is 11.3 Å². The van der Waals surface area contributed by atoms with Gasteiger partial charge in [0.1, 0.15) is 23.2 Å². The molecule has 0 atom stereocenters. The third kappa shape index (κ3) is 4.64. The van der Waals surface area contributed by atoms with E-state index in [1.54, 1.807) is 0 Å². The van der Waals surface area contributed by atoms with E-state index >= 15 is 0 Å². The second-order valence-electron chi connectivity index (χ2n) is 6.26. The summed E-state index contributed by atoms with van der Waals surface area (Å²) >= 11 is 1.20. The minimum Gasteiger partial charge on any atom is -0.244 e. The lowest BCUT2D eigenvalue weighted by Crippen LogP contribution is -2.11. The van der Waals surface area contributed by atoms with Crippen molar-refractivity contribution in [2.75, 3.05) is 0 Å². The van der Waals surface area contributed by atoms with Crippen LogP contribution in [0.4, 0.5) is 26.3 Å². The van der Waals surface area contributed by atoms with E-state index in [2.05, 4.69) is 30.2 Å². The molecule has 0 N–H and O–H groups in total. The van der Waals surface area contributed by atoms with Crippen molar-refractivity contribution in [2.24, 2.45) is 0 Å². The van der Waals surface area contributed by atoms with Crippen LogP contribution < -0.4 is 0 Å². The Morgan fingerprint density at radius 2 is 1.59 bits per heavy atom. The molecule has 0 fully saturated rings. The van der Waals surface area contributed by atoms with Gasteiger partial charge in [-0.3, -0.25) is 0 Å². The number of benzene rings is 1. The van der Waals surface area contributed by atoms with Crippen molar-refractivity contribution in [3.8, 4) is 11.4 Å². The highest BCUT2D eigenvalue weighted by molar-refractivity contribution is 7.10. The standard InChI is InChI=1S/C18H9F6N7S/c19-17(20,21)12-1-10(2-13(3-12)18(22,23)24)15-27-8-31(30-15)6-14(16-29-28-9-32-16)11-4-25-7-26-5-11/h1-9H. The Bertz CT molecular complexity index is 1210. The molecular formula is C18H9F6N7S. The summed E-state index contributed by atoms with van der Waals surface area (Å²) in [6.07, 6.45) is -3.04. The fraction of sp³-hybridized carbons (Fsp3) is 0.111. The first-order valence-corrected chi connectivity index (χ1v) is 9.44. The monoisotopic (exact) mass is 469 g/mol. The molecule has 7 nitrogen and oxygen atoms in total. The molecule has 3 aromatic heterocycles. The number of halogens is 6. The fourth-order valence-corrected chi connectivity index (χ4v) is 3.25. The first kappa shape index (κ1) is 21.5. The van der Waals surface area contributed by atoms with E-state index in [9.17, 15) is 26.3 Å². The van der Waals surface area contributed by atoms with Crippen molar-refractivity contribution < 1.29 is 26.3 Å². The largest absolute Gasteiger partial charge is 0.416 e. The predicted octanol–water partition coefficient (Wildman–Crippen LogP) is 4.67. The zero-order valence-corrected chi connectivity index (χ0v) is 16.3. The molecule has 4 rings (SSSR count). The maximum absolute atomic E-state index is 13.1. The van der Waals surface area contributed by atoms with E-state index < -0.39 is 29.0 Å². The smallest absolute Gasteiger partial charge is 0.244 e. The predicted molar refractivity (Wildman–Crippen MR) is 101 cm³/mol. The average molecular weight is 469 g/mol. The van der Waals surface area contributed by atoms with Gasteiger partial charge < -0.3 is 0 Å².